The van der Waals surface area contributed by atoms with E-state index in [1.165, 1.54) is 18.3 Å². The molecule has 6 heteroatoms. The number of carbonyl (C=O) groups is 2. The summed E-state index contributed by atoms with van der Waals surface area (Å²) in [5.41, 5.74) is 1.10. The monoisotopic (exact) mass is 359 g/mol. The highest BCUT2D eigenvalue weighted by Crippen LogP contribution is 2.37. The Morgan fingerprint density at radius 1 is 1.17 bits per heavy atom. The van der Waals surface area contributed by atoms with Gasteiger partial charge in [0.1, 0.15) is 10.6 Å². The summed E-state index contributed by atoms with van der Waals surface area (Å²) in [6.45, 7) is 1.48. The summed E-state index contributed by atoms with van der Waals surface area (Å²) >= 11 is 7.68. The number of methoxy groups -OCH3 is 1. The number of ether oxygens (including phenoxy) is 1. The Balaban J connectivity index is 1.93. The highest BCUT2D eigenvalue weighted by molar-refractivity contribution is 7.21. The lowest BCUT2D eigenvalue weighted by molar-refractivity contribution is 0.101. The number of Topliss-reactive ketones (excluding diaryl/α,β-unsaturated/α-hetero) is 1. The molecule has 0 radical (unpaired) electrons. The minimum atomic E-state index is -0.305. The van der Waals surface area contributed by atoms with E-state index in [2.05, 4.69) is 5.32 Å². The van der Waals surface area contributed by atoms with Crippen molar-refractivity contribution >= 4 is 50.4 Å². The molecule has 4 nitrogen and oxygen atoms in total. The lowest BCUT2D eigenvalue weighted by atomic mass is 10.1. The third-order valence-corrected chi connectivity index (χ3v) is 5.24. The molecular weight excluding hydrogens is 346 g/mol. The molecular formula is C18H14ClNO3S. The van der Waals surface area contributed by atoms with Crippen LogP contribution in [0.1, 0.15) is 27.0 Å². The van der Waals surface area contributed by atoms with Crippen LogP contribution in [-0.2, 0) is 0 Å². The molecule has 1 heterocycles. The van der Waals surface area contributed by atoms with Crippen LogP contribution in [-0.4, -0.2) is 18.8 Å². The molecule has 3 rings (SSSR count). The molecule has 24 heavy (non-hydrogen) atoms. The number of benzene rings is 2. The van der Waals surface area contributed by atoms with Gasteiger partial charge in [-0.25, -0.2) is 0 Å². The van der Waals surface area contributed by atoms with E-state index in [0.29, 0.717) is 26.9 Å². The Hall–Kier alpha value is -2.37. The Kier molecular flexibility index (Phi) is 4.55. The van der Waals surface area contributed by atoms with Gasteiger partial charge in [-0.05, 0) is 37.3 Å². The number of halogens is 1. The van der Waals surface area contributed by atoms with E-state index in [4.69, 9.17) is 16.3 Å². The fourth-order valence-electron chi connectivity index (χ4n) is 2.32. The van der Waals surface area contributed by atoms with Gasteiger partial charge in [0.15, 0.2) is 5.78 Å². The third-order valence-electron chi connectivity index (χ3n) is 3.57. The van der Waals surface area contributed by atoms with E-state index < -0.39 is 0 Å². The van der Waals surface area contributed by atoms with Gasteiger partial charge in [0.25, 0.3) is 5.91 Å². The van der Waals surface area contributed by atoms with Crippen molar-refractivity contribution in [3.05, 3.63) is 57.9 Å². The first-order valence-electron chi connectivity index (χ1n) is 7.18. The van der Waals surface area contributed by atoms with Gasteiger partial charge in [-0.15, -0.1) is 11.3 Å². The van der Waals surface area contributed by atoms with Crippen LogP contribution in [0.3, 0.4) is 0 Å². The number of thiophene rings is 1. The molecule has 0 fully saturated rings. The molecule has 0 saturated heterocycles. The smallest absolute Gasteiger partial charge is 0.267 e. The molecule has 0 saturated carbocycles. The lowest BCUT2D eigenvalue weighted by Gasteiger charge is -2.05. The van der Waals surface area contributed by atoms with Crippen molar-refractivity contribution in [3.63, 3.8) is 0 Å². The molecule has 2 aromatic carbocycles. The number of hydrogen-bond donors (Lipinski definition) is 1. The van der Waals surface area contributed by atoms with Gasteiger partial charge in [0.2, 0.25) is 0 Å². The SMILES string of the molecule is COc1ccc2sc(C(=O)Nc3cccc(C(C)=O)c3)c(Cl)c2c1. The number of fused-ring (bicyclic) bond motifs is 1. The molecule has 0 aliphatic carbocycles. The average Bonchev–Trinajstić information content (AvgIpc) is 2.91. The van der Waals surface area contributed by atoms with Crippen LogP contribution in [0.2, 0.25) is 5.02 Å². The predicted octanol–water partition coefficient (Wildman–Crippen LogP) is 5.02. The first-order valence-corrected chi connectivity index (χ1v) is 8.37. The third kappa shape index (κ3) is 3.13. The molecule has 1 amide bonds. The van der Waals surface area contributed by atoms with Crippen LogP contribution in [0.5, 0.6) is 5.75 Å². The summed E-state index contributed by atoms with van der Waals surface area (Å²) in [6.07, 6.45) is 0. The minimum Gasteiger partial charge on any atom is -0.497 e. The van der Waals surface area contributed by atoms with Crippen molar-refractivity contribution in [1.82, 2.24) is 0 Å². The average molecular weight is 360 g/mol. The molecule has 0 spiro atoms. The van der Waals surface area contributed by atoms with Crippen LogP contribution < -0.4 is 10.1 Å². The number of carbonyl (C=O) groups excluding carboxylic acids is 2. The van der Waals surface area contributed by atoms with E-state index in [9.17, 15) is 9.59 Å². The fraction of sp³-hybridized carbons (Fsp3) is 0.111. The molecule has 1 N–H and O–H groups in total. The van der Waals surface area contributed by atoms with Crippen LogP contribution >= 0.6 is 22.9 Å². The van der Waals surface area contributed by atoms with Crippen LogP contribution in [0.25, 0.3) is 10.1 Å². The zero-order valence-corrected chi connectivity index (χ0v) is 14.6. The van der Waals surface area contributed by atoms with Crippen molar-refractivity contribution < 1.29 is 14.3 Å². The fourth-order valence-corrected chi connectivity index (χ4v) is 3.71. The molecule has 0 bridgehead atoms. The molecule has 1 aromatic heterocycles. The second-order valence-corrected chi connectivity index (χ2v) is 6.63. The Bertz CT molecular complexity index is 949. The van der Waals surface area contributed by atoms with Crippen molar-refractivity contribution in [2.75, 3.05) is 12.4 Å². The van der Waals surface area contributed by atoms with Gasteiger partial charge in [-0.2, -0.15) is 0 Å². The van der Waals surface area contributed by atoms with Crippen LogP contribution in [0.4, 0.5) is 5.69 Å². The van der Waals surface area contributed by atoms with Crippen molar-refractivity contribution in [3.8, 4) is 5.75 Å². The Morgan fingerprint density at radius 2 is 1.96 bits per heavy atom. The Morgan fingerprint density at radius 3 is 2.67 bits per heavy atom. The number of ketones is 1. The standard InChI is InChI=1S/C18H14ClNO3S/c1-10(21)11-4-3-5-12(8-11)20-18(22)17-16(19)14-9-13(23-2)6-7-15(14)24-17/h3-9H,1-2H3,(H,20,22). The quantitative estimate of drug-likeness (QED) is 0.665. The zero-order valence-electron chi connectivity index (χ0n) is 13.1. The summed E-state index contributed by atoms with van der Waals surface area (Å²) in [4.78, 5) is 24.4. The van der Waals surface area contributed by atoms with E-state index in [-0.39, 0.29) is 11.7 Å². The molecule has 0 aliphatic rings. The predicted molar refractivity (Wildman–Crippen MR) is 97.8 cm³/mol. The van der Waals surface area contributed by atoms with Crippen molar-refractivity contribution in [1.29, 1.82) is 0 Å². The topological polar surface area (TPSA) is 55.4 Å². The number of hydrogen-bond acceptors (Lipinski definition) is 4. The molecule has 0 aliphatic heterocycles. The second-order valence-electron chi connectivity index (χ2n) is 5.20. The van der Waals surface area contributed by atoms with Gasteiger partial charge in [-0.1, -0.05) is 23.7 Å². The Labute approximate surface area is 148 Å². The number of nitrogens with one attached hydrogen (secondary N) is 1. The molecule has 0 atom stereocenters. The largest absolute Gasteiger partial charge is 0.497 e. The van der Waals surface area contributed by atoms with Crippen LogP contribution in [0, 0.1) is 0 Å². The summed E-state index contributed by atoms with van der Waals surface area (Å²) in [5, 5.41) is 3.97. The van der Waals surface area contributed by atoms with Crippen molar-refractivity contribution in [2.45, 2.75) is 6.92 Å². The number of anilines is 1. The first-order chi connectivity index (χ1) is 11.5. The van der Waals surface area contributed by atoms with Crippen molar-refractivity contribution in [2.24, 2.45) is 0 Å². The highest BCUT2D eigenvalue weighted by Gasteiger charge is 2.18. The number of amides is 1. The van der Waals surface area contributed by atoms with Gasteiger partial charge in [0, 0.05) is 21.3 Å². The summed E-state index contributed by atoms with van der Waals surface area (Å²) < 4.78 is 6.10. The van der Waals surface area contributed by atoms with Gasteiger partial charge in [-0.3, -0.25) is 9.59 Å². The maximum atomic E-state index is 12.5. The zero-order chi connectivity index (χ0) is 17.3. The second kappa shape index (κ2) is 6.63. The van der Waals surface area contributed by atoms with Crippen LogP contribution in [0.15, 0.2) is 42.5 Å². The highest BCUT2D eigenvalue weighted by atomic mass is 35.5. The van der Waals surface area contributed by atoms with Gasteiger partial charge < -0.3 is 10.1 Å². The maximum absolute atomic E-state index is 12.5. The summed E-state index contributed by atoms with van der Waals surface area (Å²) in [6, 6.07) is 12.3. The number of rotatable bonds is 4. The van der Waals surface area contributed by atoms with E-state index >= 15 is 0 Å². The van der Waals surface area contributed by atoms with E-state index in [1.807, 2.05) is 12.1 Å². The molecule has 122 valence electrons. The van der Waals surface area contributed by atoms with E-state index in [1.54, 1.807) is 37.4 Å². The molecule has 3 aromatic rings. The van der Waals surface area contributed by atoms with Gasteiger partial charge >= 0.3 is 0 Å². The summed E-state index contributed by atoms with van der Waals surface area (Å²) in [7, 11) is 1.58. The maximum Gasteiger partial charge on any atom is 0.267 e. The normalized spacial score (nSPS) is 10.6. The lowest BCUT2D eigenvalue weighted by Crippen LogP contribution is -2.11. The minimum absolute atomic E-state index is 0.0573. The first kappa shape index (κ1) is 16.5. The van der Waals surface area contributed by atoms with Gasteiger partial charge in [0.05, 0.1) is 12.1 Å². The summed E-state index contributed by atoms with van der Waals surface area (Å²) in [5.74, 6) is 0.322. The van der Waals surface area contributed by atoms with E-state index in [0.717, 1.165) is 10.1 Å². The molecule has 0 unspecified atom stereocenters.